The summed E-state index contributed by atoms with van der Waals surface area (Å²) in [5.41, 5.74) is 6.22. The second-order valence-electron chi connectivity index (χ2n) is 10.6. The van der Waals surface area contributed by atoms with Crippen LogP contribution in [0.1, 0.15) is 60.4 Å². The van der Waals surface area contributed by atoms with E-state index in [4.69, 9.17) is 15.5 Å². The summed E-state index contributed by atoms with van der Waals surface area (Å²) >= 11 is 0. The van der Waals surface area contributed by atoms with Crippen LogP contribution in [0.5, 0.6) is 5.75 Å². The Morgan fingerprint density at radius 1 is 1.21 bits per heavy atom. The van der Waals surface area contributed by atoms with Crippen LogP contribution in [0.2, 0.25) is 0 Å². The molecule has 2 aliphatic rings. The van der Waals surface area contributed by atoms with Crippen molar-refractivity contribution in [3.8, 4) is 17.0 Å². The first-order valence-corrected chi connectivity index (χ1v) is 13.8. The van der Waals surface area contributed by atoms with Crippen molar-refractivity contribution in [2.24, 2.45) is 7.05 Å². The number of nitrogens with zero attached hydrogens (tertiary/aromatic N) is 6. The summed E-state index contributed by atoms with van der Waals surface area (Å²) in [4.78, 5) is 36.1. The largest absolute Gasteiger partial charge is 0.493 e. The molecular formula is C28H28F4N8O3. The van der Waals surface area contributed by atoms with Crippen LogP contribution in [0.3, 0.4) is 0 Å². The zero-order chi connectivity index (χ0) is 30.6. The highest BCUT2D eigenvalue weighted by Gasteiger charge is 2.39. The molecule has 11 nitrogen and oxygen atoms in total. The van der Waals surface area contributed by atoms with Crippen LogP contribution in [0.15, 0.2) is 30.5 Å². The van der Waals surface area contributed by atoms with E-state index in [9.17, 15) is 22.8 Å². The van der Waals surface area contributed by atoms with Crippen LogP contribution >= 0.6 is 0 Å². The molecule has 0 spiro atoms. The van der Waals surface area contributed by atoms with Crippen molar-refractivity contribution in [2.45, 2.75) is 50.7 Å². The number of amides is 2. The van der Waals surface area contributed by atoms with Gasteiger partial charge in [-0.1, -0.05) is 0 Å². The van der Waals surface area contributed by atoms with Gasteiger partial charge in [0.2, 0.25) is 11.9 Å². The maximum absolute atomic E-state index is 15.3. The van der Waals surface area contributed by atoms with Crippen molar-refractivity contribution < 1.29 is 31.9 Å². The molecule has 3 aromatic heterocycles. The number of aromatic nitrogens is 5. The fourth-order valence-corrected chi connectivity index (χ4v) is 5.99. The van der Waals surface area contributed by atoms with Crippen LogP contribution in [0, 0.1) is 5.95 Å². The number of imidazole rings is 1. The van der Waals surface area contributed by atoms with Crippen LogP contribution in [0.4, 0.5) is 29.2 Å². The van der Waals surface area contributed by atoms with Gasteiger partial charge in [0.25, 0.3) is 5.91 Å². The fraction of sp³-hybridized carbons (Fsp3) is 0.393. The molecule has 2 amide bonds. The van der Waals surface area contributed by atoms with E-state index in [1.807, 2.05) is 4.90 Å². The van der Waals surface area contributed by atoms with Gasteiger partial charge < -0.3 is 20.7 Å². The maximum atomic E-state index is 15.3. The lowest BCUT2D eigenvalue weighted by Crippen LogP contribution is -2.41. The maximum Gasteiger partial charge on any atom is 0.433 e. The number of nitrogens with one attached hydrogen (secondary N) is 1. The van der Waals surface area contributed by atoms with Gasteiger partial charge in [0.1, 0.15) is 34.3 Å². The number of aryl methyl sites for hydroxylation is 1. The first-order chi connectivity index (χ1) is 20.5. The number of anilines is 2. The summed E-state index contributed by atoms with van der Waals surface area (Å²) in [7, 11) is 1.13. The number of hydrogen-bond donors (Lipinski definition) is 2. The average Bonchev–Trinajstić information content (AvgIpc) is 3.66. The molecule has 0 saturated carbocycles. The molecule has 0 radical (unpaired) electrons. The van der Waals surface area contributed by atoms with Crippen molar-refractivity contribution in [3.63, 3.8) is 0 Å². The monoisotopic (exact) mass is 600 g/mol. The summed E-state index contributed by atoms with van der Waals surface area (Å²) in [5.74, 6) is -1.19. The number of alkyl halides is 3. The van der Waals surface area contributed by atoms with Gasteiger partial charge in [-0.25, -0.2) is 9.97 Å². The summed E-state index contributed by atoms with van der Waals surface area (Å²) in [6.45, 7) is 2.35. The zero-order valence-corrected chi connectivity index (χ0v) is 23.3. The molecule has 4 aromatic rings. The number of hydrogen-bond acceptors (Lipinski definition) is 7. The Balaban J connectivity index is 1.38. The Bertz CT molecular complexity index is 1750. The molecule has 0 bridgehead atoms. The van der Waals surface area contributed by atoms with Crippen molar-refractivity contribution in [2.75, 3.05) is 24.2 Å². The lowest BCUT2D eigenvalue weighted by molar-refractivity contribution is -0.143. The number of benzene rings is 1. The molecule has 2 unspecified atom stereocenters. The number of carbonyl (C=O) groups is 2. The smallest absolute Gasteiger partial charge is 0.433 e. The molecule has 3 N–H and O–H groups in total. The van der Waals surface area contributed by atoms with Crippen molar-refractivity contribution in [3.05, 3.63) is 53.5 Å². The third-order valence-electron chi connectivity index (χ3n) is 7.96. The van der Waals surface area contributed by atoms with Gasteiger partial charge in [-0.15, -0.1) is 0 Å². The normalized spacial score (nSPS) is 18.7. The van der Waals surface area contributed by atoms with Crippen molar-refractivity contribution in [1.29, 1.82) is 0 Å². The van der Waals surface area contributed by atoms with E-state index in [1.54, 1.807) is 13.0 Å². The molecular weight excluding hydrogens is 572 g/mol. The predicted octanol–water partition coefficient (Wildman–Crippen LogP) is 4.39. The zero-order valence-electron chi connectivity index (χ0n) is 23.3. The van der Waals surface area contributed by atoms with Crippen molar-refractivity contribution in [1.82, 2.24) is 29.0 Å². The molecule has 0 aliphatic carbocycles. The Hall–Kier alpha value is -4.69. The van der Waals surface area contributed by atoms with E-state index in [0.29, 0.717) is 35.5 Å². The Morgan fingerprint density at radius 3 is 2.72 bits per heavy atom. The highest BCUT2D eigenvalue weighted by atomic mass is 19.4. The van der Waals surface area contributed by atoms with Crippen molar-refractivity contribution >= 4 is 29.0 Å². The molecule has 5 heterocycles. The van der Waals surface area contributed by atoms with Gasteiger partial charge in [0.15, 0.2) is 5.82 Å². The lowest BCUT2D eigenvalue weighted by atomic mass is 9.92. The van der Waals surface area contributed by atoms with E-state index in [-0.39, 0.29) is 58.6 Å². The molecule has 2 aliphatic heterocycles. The third kappa shape index (κ3) is 5.02. The Morgan fingerprint density at radius 2 is 2.00 bits per heavy atom. The second-order valence-corrected chi connectivity index (χ2v) is 10.6. The summed E-state index contributed by atoms with van der Waals surface area (Å²) in [5, 5.41) is 6.11. The van der Waals surface area contributed by atoms with E-state index in [2.05, 4.69) is 15.4 Å². The van der Waals surface area contributed by atoms with Gasteiger partial charge in [-0.05, 0) is 44.4 Å². The van der Waals surface area contributed by atoms with Gasteiger partial charge in [-0.3, -0.25) is 18.7 Å². The minimum absolute atomic E-state index is 0.0287. The van der Waals surface area contributed by atoms with Crippen LogP contribution in [-0.2, 0) is 18.0 Å². The standard InChI is InChI=1S/C28H28F4N8O3/c1-3-43-18-10-14(27(42)35-21-11-19(28(30,31)32)38(2)37-21)5-8-17(18)23-24-25(33)34-12-20(29)40(24)26(36-23)15-4-6-16-7-9-22(41)39(16)13-15/h5,8,10-12,15-16H,3-4,6-7,9,13H2,1-2H3,(H2,33,34)(H,35,37,42). The lowest BCUT2D eigenvalue weighted by Gasteiger charge is -2.34. The minimum atomic E-state index is -4.64. The summed E-state index contributed by atoms with van der Waals surface area (Å²) in [6, 6.07) is 5.34. The average molecular weight is 601 g/mol. The molecule has 2 fully saturated rings. The number of nitrogens with two attached hydrogens (primary N) is 1. The van der Waals surface area contributed by atoms with Gasteiger partial charge in [0.05, 0.1) is 12.8 Å². The van der Waals surface area contributed by atoms with Crippen LogP contribution in [0.25, 0.3) is 16.8 Å². The van der Waals surface area contributed by atoms with Crippen LogP contribution < -0.4 is 15.8 Å². The van der Waals surface area contributed by atoms with E-state index >= 15 is 4.39 Å². The third-order valence-corrected chi connectivity index (χ3v) is 7.96. The molecule has 43 heavy (non-hydrogen) atoms. The quantitative estimate of drug-likeness (QED) is 0.314. The highest BCUT2D eigenvalue weighted by Crippen LogP contribution is 2.41. The first-order valence-electron chi connectivity index (χ1n) is 13.8. The number of piperidine rings is 1. The number of carbonyl (C=O) groups excluding carboxylic acids is 2. The molecule has 2 saturated heterocycles. The van der Waals surface area contributed by atoms with E-state index in [1.165, 1.54) is 16.5 Å². The second kappa shape index (κ2) is 10.5. The minimum Gasteiger partial charge on any atom is -0.493 e. The number of halogens is 4. The molecule has 15 heteroatoms. The number of fused-ring (bicyclic) bond motifs is 2. The predicted molar refractivity (Wildman–Crippen MR) is 147 cm³/mol. The molecule has 226 valence electrons. The molecule has 6 rings (SSSR count). The molecule has 2 atom stereocenters. The van der Waals surface area contributed by atoms with Gasteiger partial charge >= 0.3 is 6.18 Å². The van der Waals surface area contributed by atoms with E-state index < -0.39 is 23.7 Å². The number of rotatable bonds is 6. The van der Waals surface area contributed by atoms with Gasteiger partial charge in [0, 0.05) is 49.2 Å². The Kier molecular flexibility index (Phi) is 6.97. The SMILES string of the molecule is CCOc1cc(C(=O)Nc2cc(C(F)(F)F)n(C)n2)ccc1-c1nc(C2CCC3CCC(=O)N3C2)n2c(F)cnc(N)c12. The highest BCUT2D eigenvalue weighted by molar-refractivity contribution is 6.04. The van der Waals surface area contributed by atoms with Crippen LogP contribution in [-0.4, -0.2) is 60.1 Å². The topological polar surface area (TPSA) is 133 Å². The fourth-order valence-electron chi connectivity index (χ4n) is 5.99. The van der Waals surface area contributed by atoms with E-state index in [0.717, 1.165) is 32.2 Å². The Labute approximate surface area is 242 Å². The first kappa shape index (κ1) is 28.4. The summed E-state index contributed by atoms with van der Waals surface area (Å²) < 4.78 is 62.7. The van der Waals surface area contributed by atoms with Gasteiger partial charge in [-0.2, -0.15) is 22.7 Å². The number of nitrogen functional groups attached to an aromatic ring is 1. The summed E-state index contributed by atoms with van der Waals surface area (Å²) in [6.07, 6.45) is -0.834. The number of ether oxygens (including phenoxy) is 1. The molecule has 1 aromatic carbocycles.